The van der Waals surface area contributed by atoms with Gasteiger partial charge < -0.3 is 19.3 Å². The number of carbonyl (C=O) groups excluding carboxylic acids is 3. The van der Waals surface area contributed by atoms with Gasteiger partial charge in [-0.05, 0) is 51.3 Å². The molecular formula is C22H30O7S. The van der Waals surface area contributed by atoms with Crippen LogP contribution in [0, 0.1) is 13.8 Å². The summed E-state index contributed by atoms with van der Waals surface area (Å²) in [5.74, 6) is -2.41. The second-order valence-electron chi connectivity index (χ2n) is 6.42. The molecule has 1 aromatic carbocycles. The lowest BCUT2D eigenvalue weighted by molar-refractivity contribution is -0.183. The molecular weight excluding hydrogens is 408 g/mol. The molecule has 0 heterocycles. The fraction of sp³-hybridized carbons (Fsp3) is 0.500. The molecule has 0 spiro atoms. The molecule has 0 saturated heterocycles. The summed E-state index contributed by atoms with van der Waals surface area (Å²) in [5.41, 5.74) is -0.0112. The SMILES string of the molecule is CCOC(=O)/C=C/CSC(c1ccc(C)c(C)c1)C(O)(C(=O)OCC)C(=O)OCC. The number of esters is 3. The maximum Gasteiger partial charge on any atom is 0.351 e. The molecule has 0 bridgehead atoms. The lowest BCUT2D eigenvalue weighted by Crippen LogP contribution is -2.52. The minimum absolute atomic E-state index is 0.00633. The van der Waals surface area contributed by atoms with Gasteiger partial charge in [-0.3, -0.25) is 0 Å². The zero-order valence-corrected chi connectivity index (χ0v) is 18.9. The van der Waals surface area contributed by atoms with Crippen molar-refractivity contribution in [2.24, 2.45) is 0 Å². The van der Waals surface area contributed by atoms with Crippen molar-refractivity contribution in [2.75, 3.05) is 25.6 Å². The number of thioether (sulfide) groups is 1. The molecule has 1 aromatic rings. The Morgan fingerprint density at radius 1 is 1.00 bits per heavy atom. The summed E-state index contributed by atoms with van der Waals surface area (Å²) >= 11 is 1.12. The third-order valence-electron chi connectivity index (χ3n) is 4.29. The van der Waals surface area contributed by atoms with Gasteiger partial charge in [-0.25, -0.2) is 14.4 Å². The van der Waals surface area contributed by atoms with Gasteiger partial charge in [0.25, 0.3) is 5.60 Å². The van der Waals surface area contributed by atoms with Crippen LogP contribution in [0.5, 0.6) is 0 Å². The van der Waals surface area contributed by atoms with Crippen LogP contribution in [-0.2, 0) is 28.6 Å². The van der Waals surface area contributed by atoms with Crippen LogP contribution in [0.25, 0.3) is 0 Å². The number of ether oxygens (including phenoxy) is 3. The van der Waals surface area contributed by atoms with Crippen LogP contribution < -0.4 is 0 Å². The fourth-order valence-electron chi connectivity index (χ4n) is 2.65. The van der Waals surface area contributed by atoms with E-state index in [1.54, 1.807) is 32.9 Å². The summed E-state index contributed by atoms with van der Waals surface area (Å²) in [4.78, 5) is 36.9. The van der Waals surface area contributed by atoms with Crippen molar-refractivity contribution in [3.05, 3.63) is 47.0 Å². The van der Waals surface area contributed by atoms with Crippen molar-refractivity contribution in [1.82, 2.24) is 0 Å². The highest BCUT2D eigenvalue weighted by atomic mass is 32.2. The molecule has 0 aromatic heterocycles. The molecule has 0 aliphatic carbocycles. The summed E-state index contributed by atoms with van der Waals surface area (Å²) in [5, 5.41) is 10.3. The summed E-state index contributed by atoms with van der Waals surface area (Å²) in [6, 6.07) is 5.41. The Labute approximate surface area is 181 Å². The Hall–Kier alpha value is -2.32. The molecule has 7 nitrogen and oxygen atoms in total. The first kappa shape index (κ1) is 25.7. The molecule has 1 atom stereocenters. The van der Waals surface area contributed by atoms with E-state index in [1.165, 1.54) is 6.08 Å². The Balaban J connectivity index is 3.35. The molecule has 1 N–H and O–H groups in total. The van der Waals surface area contributed by atoms with Gasteiger partial charge in [-0.15, -0.1) is 11.8 Å². The van der Waals surface area contributed by atoms with Crippen molar-refractivity contribution in [1.29, 1.82) is 0 Å². The van der Waals surface area contributed by atoms with Crippen LogP contribution in [0.4, 0.5) is 0 Å². The van der Waals surface area contributed by atoms with Gasteiger partial charge in [0.05, 0.1) is 25.1 Å². The topological polar surface area (TPSA) is 99.1 Å². The predicted octanol–water partition coefficient (Wildman–Crippen LogP) is 3.05. The molecule has 1 unspecified atom stereocenters. The van der Waals surface area contributed by atoms with E-state index >= 15 is 0 Å². The molecule has 1 rings (SSSR count). The number of hydrogen-bond acceptors (Lipinski definition) is 8. The molecule has 0 saturated carbocycles. The second kappa shape index (κ2) is 12.4. The first-order chi connectivity index (χ1) is 14.2. The lowest BCUT2D eigenvalue weighted by atomic mass is 9.92. The van der Waals surface area contributed by atoms with Gasteiger partial charge in [-0.1, -0.05) is 24.3 Å². The molecule has 8 heteroatoms. The highest BCUT2D eigenvalue weighted by molar-refractivity contribution is 7.99. The largest absolute Gasteiger partial charge is 0.463 e. The molecule has 0 amide bonds. The number of aliphatic hydroxyl groups is 1. The van der Waals surface area contributed by atoms with Crippen molar-refractivity contribution >= 4 is 29.7 Å². The Morgan fingerprint density at radius 3 is 2.07 bits per heavy atom. The van der Waals surface area contributed by atoms with Crippen molar-refractivity contribution < 1.29 is 33.7 Å². The number of benzene rings is 1. The number of hydrogen-bond donors (Lipinski definition) is 1. The first-order valence-corrected chi connectivity index (χ1v) is 10.9. The smallest absolute Gasteiger partial charge is 0.351 e. The van der Waals surface area contributed by atoms with E-state index < -0.39 is 28.8 Å². The van der Waals surface area contributed by atoms with Gasteiger partial charge in [0.15, 0.2) is 0 Å². The molecule has 0 radical (unpaired) electrons. The molecule has 0 aliphatic rings. The van der Waals surface area contributed by atoms with Gasteiger partial charge in [0, 0.05) is 11.8 Å². The molecule has 166 valence electrons. The number of aryl methyl sites for hydroxylation is 2. The monoisotopic (exact) mass is 438 g/mol. The van der Waals surface area contributed by atoms with Crippen LogP contribution in [0.3, 0.4) is 0 Å². The van der Waals surface area contributed by atoms with Gasteiger partial charge >= 0.3 is 17.9 Å². The minimum Gasteiger partial charge on any atom is -0.463 e. The zero-order chi connectivity index (χ0) is 22.7. The summed E-state index contributed by atoms with van der Waals surface area (Å²) in [6.07, 6.45) is 2.81. The number of rotatable bonds is 11. The average molecular weight is 439 g/mol. The summed E-state index contributed by atoms with van der Waals surface area (Å²) < 4.78 is 14.9. The van der Waals surface area contributed by atoms with Crippen LogP contribution in [0.15, 0.2) is 30.4 Å². The Kier molecular flexibility index (Phi) is 10.6. The van der Waals surface area contributed by atoms with E-state index in [4.69, 9.17) is 14.2 Å². The van der Waals surface area contributed by atoms with Crippen molar-refractivity contribution in [3.63, 3.8) is 0 Å². The quantitative estimate of drug-likeness (QED) is 0.244. The van der Waals surface area contributed by atoms with E-state index in [1.807, 2.05) is 26.0 Å². The Bertz CT molecular complexity index is 755. The normalized spacial score (nSPS) is 12.5. The van der Waals surface area contributed by atoms with E-state index in [-0.39, 0.29) is 25.6 Å². The maximum absolute atomic E-state index is 12.7. The highest BCUT2D eigenvalue weighted by Gasteiger charge is 2.54. The van der Waals surface area contributed by atoms with E-state index in [2.05, 4.69) is 0 Å². The van der Waals surface area contributed by atoms with E-state index in [9.17, 15) is 19.5 Å². The number of carbonyl (C=O) groups is 3. The van der Waals surface area contributed by atoms with Crippen molar-refractivity contribution in [3.8, 4) is 0 Å². The maximum atomic E-state index is 12.7. The third-order valence-corrected chi connectivity index (χ3v) is 5.62. The van der Waals surface area contributed by atoms with Gasteiger partial charge in [0.2, 0.25) is 0 Å². The summed E-state index contributed by atoms with van der Waals surface area (Å²) in [6.45, 7) is 8.96. The second-order valence-corrected chi connectivity index (χ2v) is 7.56. The Morgan fingerprint density at radius 2 is 1.57 bits per heavy atom. The van der Waals surface area contributed by atoms with Crippen LogP contribution in [0.2, 0.25) is 0 Å². The minimum atomic E-state index is -2.55. The predicted molar refractivity (Wildman–Crippen MR) is 115 cm³/mol. The highest BCUT2D eigenvalue weighted by Crippen LogP contribution is 2.41. The van der Waals surface area contributed by atoms with E-state index in [0.29, 0.717) is 5.56 Å². The van der Waals surface area contributed by atoms with Crippen LogP contribution >= 0.6 is 11.8 Å². The summed E-state index contributed by atoms with van der Waals surface area (Å²) in [7, 11) is 0. The van der Waals surface area contributed by atoms with Gasteiger partial charge in [-0.2, -0.15) is 0 Å². The van der Waals surface area contributed by atoms with Crippen LogP contribution in [0.1, 0.15) is 42.7 Å². The van der Waals surface area contributed by atoms with E-state index in [0.717, 1.165) is 22.9 Å². The fourth-order valence-corrected chi connectivity index (χ4v) is 3.82. The molecule has 30 heavy (non-hydrogen) atoms. The first-order valence-electron chi connectivity index (χ1n) is 9.81. The van der Waals surface area contributed by atoms with Gasteiger partial charge in [0.1, 0.15) is 0 Å². The average Bonchev–Trinajstić information content (AvgIpc) is 2.70. The molecule has 0 aliphatic heterocycles. The molecule has 0 fully saturated rings. The zero-order valence-electron chi connectivity index (χ0n) is 18.1. The standard InChI is InChI=1S/C22H30O7S/c1-6-27-18(23)10-9-13-30-19(17-12-11-15(4)16(5)14-17)22(26,20(24)28-7-2)21(25)29-8-3/h9-12,14,19,26H,6-8,13H2,1-5H3/b10-9+. The lowest BCUT2D eigenvalue weighted by Gasteiger charge is -2.32. The van der Waals surface area contributed by atoms with Crippen molar-refractivity contribution in [2.45, 2.75) is 45.5 Å². The third kappa shape index (κ3) is 6.60. The van der Waals surface area contributed by atoms with Crippen LogP contribution in [-0.4, -0.2) is 54.2 Å².